The molecule has 0 aromatic heterocycles. The van der Waals surface area contributed by atoms with Gasteiger partial charge in [-0.05, 0) is 68.0 Å². The number of carbonyl (C=O) groups excluding carboxylic acids is 2. The van der Waals surface area contributed by atoms with Crippen LogP contribution in [0.15, 0.2) is 42.5 Å². The fourth-order valence-electron chi connectivity index (χ4n) is 4.73. The molecule has 0 spiro atoms. The Labute approximate surface area is 195 Å². The molecular weight excluding hydrogens is 424 g/mol. The van der Waals surface area contributed by atoms with Crippen molar-refractivity contribution in [2.24, 2.45) is 5.73 Å². The number of benzene rings is 2. The van der Waals surface area contributed by atoms with Crippen LogP contribution in [0.2, 0.25) is 5.02 Å². The van der Waals surface area contributed by atoms with Crippen LogP contribution in [-0.4, -0.2) is 31.6 Å². The Kier molecular flexibility index (Phi) is 8.57. The average molecular weight is 457 g/mol. The second-order valence-corrected chi connectivity index (χ2v) is 8.75. The van der Waals surface area contributed by atoms with Gasteiger partial charge in [-0.1, -0.05) is 43.1 Å². The summed E-state index contributed by atoms with van der Waals surface area (Å²) >= 11 is 6.78. The van der Waals surface area contributed by atoms with Crippen LogP contribution in [0.5, 0.6) is 0 Å². The second-order valence-electron chi connectivity index (χ2n) is 8.34. The SMILES string of the molecule is CCCC(c1c(Cl)cccc1N1CCCCC1)C(C(N)=O)c1ccc(C(=O)OCC)cc1. The Bertz CT molecular complexity index is 923. The Hall–Kier alpha value is -2.53. The standard InChI is InChI=1S/C26H33ClN2O3/c1-3-9-20(24-21(27)10-8-11-22(24)29-16-6-5-7-17-29)23(25(28)30)18-12-14-19(15-13-18)26(31)32-4-2/h8,10-15,20,23H,3-7,9,16-17H2,1-2H3,(H2,28,30). The molecule has 1 amide bonds. The van der Waals surface area contributed by atoms with Crippen LogP contribution < -0.4 is 10.6 Å². The van der Waals surface area contributed by atoms with Crippen LogP contribution in [-0.2, 0) is 9.53 Å². The van der Waals surface area contributed by atoms with Gasteiger partial charge in [-0.3, -0.25) is 4.79 Å². The van der Waals surface area contributed by atoms with Gasteiger partial charge in [-0.2, -0.15) is 0 Å². The van der Waals surface area contributed by atoms with Crippen molar-refractivity contribution in [2.45, 2.75) is 57.8 Å². The zero-order valence-corrected chi connectivity index (χ0v) is 19.7. The number of esters is 1. The molecule has 1 aliphatic heterocycles. The lowest BCUT2D eigenvalue weighted by Gasteiger charge is -2.35. The van der Waals surface area contributed by atoms with E-state index >= 15 is 0 Å². The minimum Gasteiger partial charge on any atom is -0.462 e. The van der Waals surface area contributed by atoms with Gasteiger partial charge in [0.1, 0.15) is 0 Å². The van der Waals surface area contributed by atoms with E-state index in [9.17, 15) is 9.59 Å². The second kappa shape index (κ2) is 11.4. The van der Waals surface area contributed by atoms with Crippen molar-refractivity contribution in [3.8, 4) is 0 Å². The third-order valence-electron chi connectivity index (χ3n) is 6.19. The summed E-state index contributed by atoms with van der Waals surface area (Å²) < 4.78 is 5.08. The maximum atomic E-state index is 12.8. The van der Waals surface area contributed by atoms with Crippen molar-refractivity contribution >= 4 is 29.2 Å². The maximum Gasteiger partial charge on any atom is 0.338 e. The van der Waals surface area contributed by atoms with E-state index in [1.165, 1.54) is 6.42 Å². The Balaban J connectivity index is 2.04. The molecule has 5 nitrogen and oxygen atoms in total. The van der Waals surface area contributed by atoms with Gasteiger partial charge in [0, 0.05) is 29.7 Å². The Morgan fingerprint density at radius 3 is 2.34 bits per heavy atom. The van der Waals surface area contributed by atoms with E-state index in [1.807, 2.05) is 24.3 Å². The molecule has 6 heteroatoms. The first-order valence-electron chi connectivity index (χ1n) is 11.6. The Morgan fingerprint density at radius 2 is 1.75 bits per heavy atom. The molecular formula is C26H33ClN2O3. The molecule has 2 atom stereocenters. The molecule has 2 aromatic rings. The van der Waals surface area contributed by atoms with Crippen molar-refractivity contribution in [1.29, 1.82) is 0 Å². The molecule has 0 saturated carbocycles. The van der Waals surface area contributed by atoms with Crippen LogP contribution in [0, 0.1) is 0 Å². The van der Waals surface area contributed by atoms with Gasteiger partial charge in [0.25, 0.3) is 0 Å². The molecule has 2 unspecified atom stereocenters. The normalized spacial score (nSPS) is 15.8. The first-order valence-corrected chi connectivity index (χ1v) is 11.9. The van der Waals surface area contributed by atoms with Crippen LogP contribution in [0.25, 0.3) is 0 Å². The number of nitrogens with zero attached hydrogens (tertiary/aromatic N) is 1. The van der Waals surface area contributed by atoms with E-state index in [-0.39, 0.29) is 11.9 Å². The maximum absolute atomic E-state index is 12.8. The molecule has 0 aliphatic carbocycles. The number of rotatable bonds is 9. The molecule has 0 bridgehead atoms. The lowest BCUT2D eigenvalue weighted by molar-refractivity contribution is -0.120. The zero-order valence-electron chi connectivity index (χ0n) is 19.0. The topological polar surface area (TPSA) is 72.6 Å². The van der Waals surface area contributed by atoms with Gasteiger partial charge in [0.15, 0.2) is 0 Å². The van der Waals surface area contributed by atoms with Crippen molar-refractivity contribution in [3.05, 3.63) is 64.2 Å². The molecule has 1 fully saturated rings. The first kappa shape index (κ1) is 24.1. The number of ether oxygens (including phenoxy) is 1. The smallest absolute Gasteiger partial charge is 0.338 e. The summed E-state index contributed by atoms with van der Waals surface area (Å²) in [6, 6.07) is 13.0. The quantitative estimate of drug-likeness (QED) is 0.494. The molecule has 172 valence electrons. The number of primary amides is 1. The van der Waals surface area contributed by atoms with Crippen LogP contribution in [0.1, 0.15) is 79.3 Å². The van der Waals surface area contributed by atoms with Crippen molar-refractivity contribution in [2.75, 3.05) is 24.6 Å². The molecule has 1 heterocycles. The molecule has 3 rings (SSSR count). The first-order chi connectivity index (χ1) is 15.5. The number of anilines is 1. The van der Waals surface area contributed by atoms with E-state index in [1.54, 1.807) is 19.1 Å². The third-order valence-corrected chi connectivity index (χ3v) is 6.52. The summed E-state index contributed by atoms with van der Waals surface area (Å²) in [6.07, 6.45) is 5.21. The van der Waals surface area contributed by atoms with Gasteiger partial charge >= 0.3 is 5.97 Å². The largest absolute Gasteiger partial charge is 0.462 e. The lowest BCUT2D eigenvalue weighted by atomic mass is 9.77. The molecule has 0 radical (unpaired) electrons. The number of carbonyl (C=O) groups is 2. The number of nitrogens with two attached hydrogens (primary N) is 1. The third kappa shape index (κ3) is 5.44. The van der Waals surface area contributed by atoms with Crippen molar-refractivity contribution < 1.29 is 14.3 Å². The van der Waals surface area contributed by atoms with Crippen LogP contribution in [0.4, 0.5) is 5.69 Å². The van der Waals surface area contributed by atoms with E-state index in [4.69, 9.17) is 22.1 Å². The number of hydrogen-bond donors (Lipinski definition) is 1. The highest BCUT2D eigenvalue weighted by Crippen LogP contribution is 2.44. The number of halogens is 1. The van der Waals surface area contributed by atoms with Crippen molar-refractivity contribution in [1.82, 2.24) is 0 Å². The number of amides is 1. The molecule has 2 N–H and O–H groups in total. The predicted octanol–water partition coefficient (Wildman–Crippen LogP) is 5.66. The van der Waals surface area contributed by atoms with Gasteiger partial charge in [-0.15, -0.1) is 0 Å². The fraction of sp³-hybridized carbons (Fsp3) is 0.462. The van der Waals surface area contributed by atoms with Crippen LogP contribution in [0.3, 0.4) is 0 Å². The highest BCUT2D eigenvalue weighted by Gasteiger charge is 2.33. The van der Waals surface area contributed by atoms with Crippen molar-refractivity contribution in [3.63, 3.8) is 0 Å². The summed E-state index contributed by atoms with van der Waals surface area (Å²) in [4.78, 5) is 27.2. The molecule has 1 saturated heterocycles. The van der Waals surface area contributed by atoms with Gasteiger partial charge in [0.2, 0.25) is 5.91 Å². The lowest BCUT2D eigenvalue weighted by Crippen LogP contribution is -2.32. The van der Waals surface area contributed by atoms with E-state index in [2.05, 4.69) is 17.9 Å². The molecule has 32 heavy (non-hydrogen) atoms. The zero-order chi connectivity index (χ0) is 23.1. The van der Waals surface area contributed by atoms with Gasteiger partial charge in [-0.25, -0.2) is 4.79 Å². The van der Waals surface area contributed by atoms with E-state index in [0.717, 1.165) is 55.6 Å². The number of hydrogen-bond acceptors (Lipinski definition) is 4. The highest BCUT2D eigenvalue weighted by atomic mass is 35.5. The monoisotopic (exact) mass is 456 g/mol. The average Bonchev–Trinajstić information content (AvgIpc) is 2.79. The van der Waals surface area contributed by atoms with Gasteiger partial charge in [0.05, 0.1) is 18.1 Å². The van der Waals surface area contributed by atoms with E-state index < -0.39 is 11.8 Å². The minimum atomic E-state index is -0.547. The molecule has 1 aliphatic rings. The highest BCUT2D eigenvalue weighted by molar-refractivity contribution is 6.31. The minimum absolute atomic E-state index is 0.156. The summed E-state index contributed by atoms with van der Waals surface area (Å²) in [5.74, 6) is -1.47. The van der Waals surface area contributed by atoms with Crippen LogP contribution >= 0.6 is 11.6 Å². The summed E-state index contributed by atoms with van der Waals surface area (Å²) in [5.41, 5.74) is 9.31. The number of piperidine rings is 1. The fourth-order valence-corrected chi connectivity index (χ4v) is 5.04. The Morgan fingerprint density at radius 1 is 1.06 bits per heavy atom. The summed E-state index contributed by atoms with van der Waals surface area (Å²) in [7, 11) is 0. The predicted molar refractivity (Wildman–Crippen MR) is 129 cm³/mol. The van der Waals surface area contributed by atoms with Gasteiger partial charge < -0.3 is 15.4 Å². The summed E-state index contributed by atoms with van der Waals surface area (Å²) in [5, 5.41) is 0.668. The summed E-state index contributed by atoms with van der Waals surface area (Å²) in [6.45, 7) is 6.17. The molecule has 2 aromatic carbocycles. The van der Waals surface area contributed by atoms with E-state index in [0.29, 0.717) is 17.2 Å².